The zero-order chi connectivity index (χ0) is 14.2. The molecule has 1 aliphatic rings. The van der Waals surface area contributed by atoms with Gasteiger partial charge in [0.15, 0.2) is 0 Å². The third-order valence-electron chi connectivity index (χ3n) is 3.69. The lowest BCUT2D eigenvalue weighted by atomic mass is 10.2. The highest BCUT2D eigenvalue weighted by Gasteiger charge is 2.28. The summed E-state index contributed by atoms with van der Waals surface area (Å²) in [6.07, 6.45) is 1.68. The van der Waals surface area contributed by atoms with Gasteiger partial charge in [-0.15, -0.1) is 0 Å². The van der Waals surface area contributed by atoms with E-state index in [1.165, 1.54) is 0 Å². The number of pyridine rings is 1. The molecule has 0 bridgehead atoms. The summed E-state index contributed by atoms with van der Waals surface area (Å²) in [6, 6.07) is 8.82. The standard InChI is InChI=1S/C14H17N3O2S/c1-16-8-10-17(11-9-16)20(18,19)14-6-2-5-13-12(14)4-3-7-15-13/h2-7H,8-11H2,1H3. The van der Waals surface area contributed by atoms with Crippen molar-refractivity contribution in [3.05, 3.63) is 36.5 Å². The highest BCUT2D eigenvalue weighted by atomic mass is 32.2. The number of likely N-dealkylation sites (N-methyl/N-ethyl adjacent to an activating group) is 1. The van der Waals surface area contributed by atoms with Gasteiger partial charge in [0.25, 0.3) is 0 Å². The van der Waals surface area contributed by atoms with Crippen LogP contribution in [0, 0.1) is 0 Å². The molecule has 1 aromatic heterocycles. The Morgan fingerprint density at radius 1 is 1.05 bits per heavy atom. The average molecular weight is 291 g/mol. The van der Waals surface area contributed by atoms with Crippen molar-refractivity contribution in [3.8, 4) is 0 Å². The van der Waals surface area contributed by atoms with Gasteiger partial charge in [0.2, 0.25) is 10.0 Å². The fourth-order valence-corrected chi connectivity index (χ4v) is 4.09. The molecular weight excluding hydrogens is 274 g/mol. The lowest BCUT2D eigenvalue weighted by Crippen LogP contribution is -2.47. The molecule has 106 valence electrons. The quantitative estimate of drug-likeness (QED) is 0.833. The number of piperazine rings is 1. The van der Waals surface area contributed by atoms with Crippen LogP contribution in [0.2, 0.25) is 0 Å². The topological polar surface area (TPSA) is 53.5 Å². The van der Waals surface area contributed by atoms with Crippen LogP contribution in [0.1, 0.15) is 0 Å². The molecule has 3 rings (SSSR count). The van der Waals surface area contributed by atoms with E-state index in [9.17, 15) is 8.42 Å². The average Bonchev–Trinajstić information content (AvgIpc) is 2.47. The van der Waals surface area contributed by atoms with Crippen LogP contribution in [0.25, 0.3) is 10.9 Å². The molecule has 1 saturated heterocycles. The van der Waals surface area contributed by atoms with Crippen LogP contribution in [0.5, 0.6) is 0 Å². The Bertz CT molecular complexity index is 717. The molecule has 1 aliphatic heterocycles. The molecule has 1 fully saturated rings. The highest BCUT2D eigenvalue weighted by Crippen LogP contribution is 2.25. The second-order valence-electron chi connectivity index (χ2n) is 5.03. The minimum Gasteiger partial charge on any atom is -0.304 e. The normalized spacial score (nSPS) is 18.4. The van der Waals surface area contributed by atoms with Gasteiger partial charge in [-0.25, -0.2) is 8.42 Å². The van der Waals surface area contributed by atoms with Crippen LogP contribution in [0.4, 0.5) is 0 Å². The summed E-state index contributed by atoms with van der Waals surface area (Å²) in [5, 5.41) is 0.689. The van der Waals surface area contributed by atoms with E-state index in [4.69, 9.17) is 0 Å². The lowest BCUT2D eigenvalue weighted by molar-refractivity contribution is 0.222. The number of aromatic nitrogens is 1. The van der Waals surface area contributed by atoms with E-state index in [-0.39, 0.29) is 0 Å². The van der Waals surface area contributed by atoms with Crippen molar-refractivity contribution in [1.29, 1.82) is 0 Å². The molecular formula is C14H17N3O2S. The fraction of sp³-hybridized carbons (Fsp3) is 0.357. The summed E-state index contributed by atoms with van der Waals surface area (Å²) >= 11 is 0. The second-order valence-corrected chi connectivity index (χ2v) is 6.94. The van der Waals surface area contributed by atoms with Gasteiger partial charge in [-0.05, 0) is 31.3 Å². The largest absolute Gasteiger partial charge is 0.304 e. The third-order valence-corrected chi connectivity index (χ3v) is 5.64. The van der Waals surface area contributed by atoms with Crippen molar-refractivity contribution >= 4 is 20.9 Å². The van der Waals surface area contributed by atoms with E-state index < -0.39 is 10.0 Å². The van der Waals surface area contributed by atoms with Gasteiger partial charge < -0.3 is 4.90 Å². The lowest BCUT2D eigenvalue weighted by Gasteiger charge is -2.31. The molecule has 1 aromatic carbocycles. The Kier molecular flexibility index (Phi) is 3.45. The molecule has 0 radical (unpaired) electrons. The van der Waals surface area contributed by atoms with E-state index in [0.717, 1.165) is 13.1 Å². The number of sulfonamides is 1. The van der Waals surface area contributed by atoms with E-state index in [1.54, 1.807) is 28.7 Å². The highest BCUT2D eigenvalue weighted by molar-refractivity contribution is 7.89. The molecule has 2 heterocycles. The first-order valence-corrected chi connectivity index (χ1v) is 8.05. The van der Waals surface area contributed by atoms with Crippen LogP contribution in [0.3, 0.4) is 0 Å². The first-order chi connectivity index (χ1) is 9.59. The minimum absolute atomic E-state index is 0.354. The van der Waals surface area contributed by atoms with Crippen molar-refractivity contribution in [2.45, 2.75) is 4.90 Å². The number of hydrogen-bond acceptors (Lipinski definition) is 4. The fourth-order valence-electron chi connectivity index (χ4n) is 2.47. The SMILES string of the molecule is CN1CCN(S(=O)(=O)c2cccc3ncccc23)CC1. The van der Waals surface area contributed by atoms with E-state index >= 15 is 0 Å². The zero-order valence-electron chi connectivity index (χ0n) is 11.4. The maximum Gasteiger partial charge on any atom is 0.243 e. The summed E-state index contributed by atoms with van der Waals surface area (Å²) < 4.78 is 27.1. The van der Waals surface area contributed by atoms with Crippen LogP contribution in [-0.2, 0) is 10.0 Å². The molecule has 0 N–H and O–H groups in total. The van der Waals surface area contributed by atoms with Gasteiger partial charge >= 0.3 is 0 Å². The van der Waals surface area contributed by atoms with Crippen molar-refractivity contribution < 1.29 is 8.42 Å². The van der Waals surface area contributed by atoms with Gasteiger partial charge in [0, 0.05) is 37.8 Å². The molecule has 0 atom stereocenters. The Balaban J connectivity index is 2.05. The van der Waals surface area contributed by atoms with Gasteiger partial charge in [0.05, 0.1) is 10.4 Å². The summed E-state index contributed by atoms with van der Waals surface area (Å²) in [4.78, 5) is 6.71. The van der Waals surface area contributed by atoms with Gasteiger partial charge in [-0.2, -0.15) is 4.31 Å². The van der Waals surface area contributed by atoms with E-state index in [1.807, 2.05) is 19.2 Å². The maximum atomic E-state index is 12.8. The smallest absolute Gasteiger partial charge is 0.243 e. The monoisotopic (exact) mass is 291 g/mol. The number of benzene rings is 1. The summed E-state index contributed by atoms with van der Waals surface area (Å²) in [5.74, 6) is 0. The molecule has 0 unspecified atom stereocenters. The van der Waals surface area contributed by atoms with Gasteiger partial charge in [-0.1, -0.05) is 6.07 Å². The van der Waals surface area contributed by atoms with Crippen LogP contribution in [-0.4, -0.2) is 55.8 Å². The van der Waals surface area contributed by atoms with Crippen molar-refractivity contribution in [2.75, 3.05) is 33.2 Å². The van der Waals surface area contributed by atoms with Crippen LogP contribution < -0.4 is 0 Å². The number of rotatable bonds is 2. The summed E-state index contributed by atoms with van der Waals surface area (Å²) in [5.41, 5.74) is 0.711. The second kappa shape index (κ2) is 5.12. The van der Waals surface area contributed by atoms with Crippen LogP contribution >= 0.6 is 0 Å². The maximum absolute atomic E-state index is 12.8. The predicted molar refractivity (Wildman–Crippen MR) is 78.0 cm³/mol. The van der Waals surface area contributed by atoms with Gasteiger partial charge in [-0.3, -0.25) is 4.98 Å². The van der Waals surface area contributed by atoms with Crippen molar-refractivity contribution in [3.63, 3.8) is 0 Å². The van der Waals surface area contributed by atoms with Gasteiger partial charge in [0.1, 0.15) is 0 Å². The van der Waals surface area contributed by atoms with E-state index in [0.29, 0.717) is 28.9 Å². The molecule has 20 heavy (non-hydrogen) atoms. The first kappa shape index (κ1) is 13.5. The molecule has 0 aliphatic carbocycles. The Morgan fingerprint density at radius 2 is 1.80 bits per heavy atom. The number of fused-ring (bicyclic) bond motifs is 1. The molecule has 2 aromatic rings. The summed E-state index contributed by atoms with van der Waals surface area (Å²) in [6.45, 7) is 2.61. The first-order valence-electron chi connectivity index (χ1n) is 6.61. The molecule has 0 spiro atoms. The predicted octanol–water partition coefficient (Wildman–Crippen LogP) is 1.17. The van der Waals surface area contributed by atoms with Crippen molar-refractivity contribution in [2.24, 2.45) is 0 Å². The van der Waals surface area contributed by atoms with Crippen molar-refractivity contribution in [1.82, 2.24) is 14.2 Å². The van der Waals surface area contributed by atoms with Crippen LogP contribution in [0.15, 0.2) is 41.4 Å². The summed E-state index contributed by atoms with van der Waals surface area (Å²) in [7, 11) is -1.44. The number of nitrogens with zero attached hydrogens (tertiary/aromatic N) is 3. The Hall–Kier alpha value is -1.50. The molecule has 0 amide bonds. The molecule has 5 nitrogen and oxygen atoms in total. The molecule has 0 saturated carbocycles. The van der Waals surface area contributed by atoms with E-state index in [2.05, 4.69) is 9.88 Å². The number of hydrogen-bond donors (Lipinski definition) is 0. The Labute approximate surface area is 118 Å². The Morgan fingerprint density at radius 3 is 2.55 bits per heavy atom. The molecule has 6 heteroatoms. The third kappa shape index (κ3) is 2.30. The zero-order valence-corrected chi connectivity index (χ0v) is 12.2. The minimum atomic E-state index is -3.45.